The fraction of sp³-hybridized carbons (Fsp3) is 0.909. The zero-order chi connectivity index (χ0) is 9.10. The summed E-state index contributed by atoms with van der Waals surface area (Å²) in [5, 5.41) is 0. The van der Waals surface area contributed by atoms with E-state index in [2.05, 4.69) is 4.99 Å². The van der Waals surface area contributed by atoms with E-state index in [9.17, 15) is 0 Å². The molecule has 1 aliphatic heterocycles. The summed E-state index contributed by atoms with van der Waals surface area (Å²) in [6, 6.07) is 0. The molecule has 0 spiro atoms. The maximum absolute atomic E-state index is 5.48. The molecule has 0 bridgehead atoms. The van der Waals surface area contributed by atoms with E-state index in [0.29, 0.717) is 0 Å². The first-order valence-electron chi connectivity index (χ1n) is 5.56. The third-order valence-corrected chi connectivity index (χ3v) is 3.32. The summed E-state index contributed by atoms with van der Waals surface area (Å²) in [6.07, 6.45) is 6.74. The molecule has 2 heteroatoms. The van der Waals surface area contributed by atoms with Gasteiger partial charge in [0.25, 0.3) is 0 Å². The molecule has 13 heavy (non-hydrogen) atoms. The molecule has 1 heterocycles. The van der Waals surface area contributed by atoms with E-state index in [4.69, 9.17) is 4.74 Å². The second-order valence-corrected chi connectivity index (χ2v) is 4.18. The fourth-order valence-corrected chi connectivity index (χ4v) is 2.57. The first-order chi connectivity index (χ1) is 6.40. The van der Waals surface area contributed by atoms with Crippen LogP contribution in [0.25, 0.3) is 0 Å². The van der Waals surface area contributed by atoms with E-state index in [1.165, 1.54) is 25.7 Å². The van der Waals surface area contributed by atoms with Gasteiger partial charge >= 0.3 is 0 Å². The summed E-state index contributed by atoms with van der Waals surface area (Å²) >= 11 is 0. The fourth-order valence-electron chi connectivity index (χ4n) is 2.57. The lowest BCUT2D eigenvalue weighted by molar-refractivity contribution is 0.211. The van der Waals surface area contributed by atoms with E-state index < -0.39 is 0 Å². The van der Waals surface area contributed by atoms with Gasteiger partial charge in [-0.1, -0.05) is 12.8 Å². The summed E-state index contributed by atoms with van der Waals surface area (Å²) in [5.41, 5.74) is 0. The molecule has 0 radical (unpaired) electrons. The molecule has 0 saturated heterocycles. The monoisotopic (exact) mass is 181 g/mol. The summed E-state index contributed by atoms with van der Waals surface area (Å²) in [6.45, 7) is 3.84. The van der Waals surface area contributed by atoms with Crippen molar-refractivity contribution >= 4 is 5.90 Å². The van der Waals surface area contributed by atoms with Gasteiger partial charge in [0.1, 0.15) is 0 Å². The van der Waals surface area contributed by atoms with Crippen molar-refractivity contribution < 1.29 is 4.74 Å². The maximum Gasteiger partial charge on any atom is 0.183 e. The minimum absolute atomic E-state index is 0.774. The van der Waals surface area contributed by atoms with Crippen molar-refractivity contribution in [2.24, 2.45) is 16.8 Å². The number of ether oxygens (including phenoxy) is 1. The molecule has 0 aromatic rings. The molecule has 2 nitrogen and oxygen atoms in total. The molecule has 0 aromatic carbocycles. The van der Waals surface area contributed by atoms with Crippen LogP contribution in [0.1, 0.15) is 39.0 Å². The van der Waals surface area contributed by atoms with Crippen molar-refractivity contribution in [2.45, 2.75) is 39.0 Å². The number of rotatable bonds is 1. The van der Waals surface area contributed by atoms with E-state index in [1.54, 1.807) is 0 Å². The highest BCUT2D eigenvalue weighted by atomic mass is 16.5. The molecule has 74 valence electrons. The van der Waals surface area contributed by atoms with Gasteiger partial charge in [-0.25, -0.2) is 0 Å². The van der Waals surface area contributed by atoms with Crippen LogP contribution in [0.5, 0.6) is 0 Å². The molecule has 1 saturated carbocycles. The second-order valence-electron chi connectivity index (χ2n) is 4.18. The van der Waals surface area contributed by atoms with Crippen molar-refractivity contribution in [3.8, 4) is 0 Å². The molecule has 0 N–H and O–H groups in total. The molecule has 0 aromatic heterocycles. The van der Waals surface area contributed by atoms with Crippen molar-refractivity contribution in [3.05, 3.63) is 0 Å². The Balaban J connectivity index is 1.94. The van der Waals surface area contributed by atoms with Gasteiger partial charge in [0.15, 0.2) is 5.90 Å². The zero-order valence-corrected chi connectivity index (χ0v) is 8.46. The Morgan fingerprint density at radius 2 is 2.08 bits per heavy atom. The Bertz CT molecular complexity index is 200. The molecule has 2 atom stereocenters. The second kappa shape index (κ2) is 4.12. The SMILES string of the molecule is CCOC1=NCC2CCCCC2C1. The molecule has 2 unspecified atom stereocenters. The van der Waals surface area contributed by atoms with Crippen LogP contribution in [-0.2, 0) is 4.74 Å². The third kappa shape index (κ3) is 2.04. The molecule has 2 rings (SSSR count). The maximum atomic E-state index is 5.48. The van der Waals surface area contributed by atoms with Gasteiger partial charge in [-0.15, -0.1) is 0 Å². The highest BCUT2D eigenvalue weighted by Crippen LogP contribution is 2.35. The largest absolute Gasteiger partial charge is 0.481 e. The van der Waals surface area contributed by atoms with E-state index >= 15 is 0 Å². The van der Waals surface area contributed by atoms with Gasteiger partial charge in [0.2, 0.25) is 0 Å². The number of hydrogen-bond acceptors (Lipinski definition) is 2. The van der Waals surface area contributed by atoms with Crippen LogP contribution >= 0.6 is 0 Å². The van der Waals surface area contributed by atoms with Crippen molar-refractivity contribution in [1.29, 1.82) is 0 Å². The highest BCUT2D eigenvalue weighted by Gasteiger charge is 2.29. The Kier molecular flexibility index (Phi) is 2.87. The van der Waals surface area contributed by atoms with Crippen LogP contribution in [0, 0.1) is 11.8 Å². The van der Waals surface area contributed by atoms with Crippen LogP contribution in [0.15, 0.2) is 4.99 Å². The summed E-state index contributed by atoms with van der Waals surface area (Å²) in [7, 11) is 0. The molecule has 2 aliphatic rings. The van der Waals surface area contributed by atoms with Gasteiger partial charge in [-0.3, -0.25) is 4.99 Å². The lowest BCUT2D eigenvalue weighted by Gasteiger charge is -2.33. The topological polar surface area (TPSA) is 21.6 Å². The van der Waals surface area contributed by atoms with Crippen LogP contribution < -0.4 is 0 Å². The Hall–Kier alpha value is -0.530. The number of nitrogens with zero attached hydrogens (tertiary/aromatic N) is 1. The minimum atomic E-state index is 0.774. The van der Waals surface area contributed by atoms with Crippen molar-refractivity contribution in [2.75, 3.05) is 13.2 Å². The van der Waals surface area contributed by atoms with Crippen LogP contribution in [-0.4, -0.2) is 19.0 Å². The lowest BCUT2D eigenvalue weighted by atomic mass is 9.76. The molecular formula is C11H19NO. The Morgan fingerprint density at radius 1 is 1.31 bits per heavy atom. The molecular weight excluding hydrogens is 162 g/mol. The van der Waals surface area contributed by atoms with Gasteiger partial charge in [-0.2, -0.15) is 0 Å². The normalized spacial score (nSPS) is 33.5. The average Bonchev–Trinajstić information content (AvgIpc) is 2.18. The highest BCUT2D eigenvalue weighted by molar-refractivity contribution is 5.77. The van der Waals surface area contributed by atoms with Crippen LogP contribution in [0.2, 0.25) is 0 Å². The van der Waals surface area contributed by atoms with E-state index in [1.807, 2.05) is 6.92 Å². The van der Waals surface area contributed by atoms with Crippen molar-refractivity contribution in [3.63, 3.8) is 0 Å². The summed E-state index contributed by atoms with van der Waals surface area (Å²) in [5.74, 6) is 2.77. The van der Waals surface area contributed by atoms with Gasteiger partial charge < -0.3 is 4.74 Å². The first-order valence-corrected chi connectivity index (χ1v) is 5.56. The first kappa shape index (κ1) is 9.04. The summed E-state index contributed by atoms with van der Waals surface area (Å²) in [4.78, 5) is 4.50. The minimum Gasteiger partial charge on any atom is -0.481 e. The van der Waals surface area contributed by atoms with E-state index in [-0.39, 0.29) is 0 Å². The molecule has 1 fully saturated rings. The Morgan fingerprint density at radius 3 is 2.85 bits per heavy atom. The molecule has 1 aliphatic carbocycles. The lowest BCUT2D eigenvalue weighted by Crippen LogP contribution is -2.30. The predicted octanol–water partition coefficient (Wildman–Crippen LogP) is 2.63. The van der Waals surface area contributed by atoms with Crippen LogP contribution in [0.3, 0.4) is 0 Å². The zero-order valence-electron chi connectivity index (χ0n) is 8.46. The predicted molar refractivity (Wildman–Crippen MR) is 54.0 cm³/mol. The van der Waals surface area contributed by atoms with Gasteiger partial charge in [0.05, 0.1) is 6.61 Å². The summed E-state index contributed by atoms with van der Waals surface area (Å²) < 4.78 is 5.48. The van der Waals surface area contributed by atoms with Crippen LogP contribution in [0.4, 0.5) is 0 Å². The number of fused-ring (bicyclic) bond motifs is 1. The molecule has 0 amide bonds. The Labute approximate surface area is 80.4 Å². The standard InChI is InChI=1S/C11H19NO/c1-2-13-11-7-9-5-3-4-6-10(9)8-12-11/h9-10H,2-8H2,1H3. The number of hydrogen-bond donors (Lipinski definition) is 0. The van der Waals surface area contributed by atoms with Crippen molar-refractivity contribution in [1.82, 2.24) is 0 Å². The number of aliphatic imine (C=N–C) groups is 1. The van der Waals surface area contributed by atoms with E-state index in [0.717, 1.165) is 37.3 Å². The smallest absolute Gasteiger partial charge is 0.183 e. The van der Waals surface area contributed by atoms with Gasteiger partial charge in [0, 0.05) is 13.0 Å². The average molecular weight is 181 g/mol. The van der Waals surface area contributed by atoms with Gasteiger partial charge in [-0.05, 0) is 31.6 Å². The third-order valence-electron chi connectivity index (χ3n) is 3.32. The quantitative estimate of drug-likeness (QED) is 0.609.